The summed E-state index contributed by atoms with van der Waals surface area (Å²) >= 11 is 0.890. The van der Waals surface area contributed by atoms with E-state index in [0.29, 0.717) is 0 Å². The number of carbonyl (C=O) groups is 4. The highest BCUT2D eigenvalue weighted by atomic mass is 32.2. The number of hydrogen-bond donors (Lipinski definition) is 3. The quantitative estimate of drug-likeness (QED) is 0.0835. The molecule has 0 saturated heterocycles. The number of nitrogens with zero attached hydrogens (tertiary/aromatic N) is 2. The second-order valence-corrected chi connectivity index (χ2v) is 12.0. The Morgan fingerprint density at radius 1 is 1.17 bits per heavy atom. The first kappa shape index (κ1) is 32.8. The number of hydrogen-bond acceptors (Lipinski definition) is 11. The van der Waals surface area contributed by atoms with Gasteiger partial charge in [0.05, 0.1) is 28.5 Å². The van der Waals surface area contributed by atoms with Crippen molar-refractivity contribution in [2.24, 2.45) is 16.6 Å². The van der Waals surface area contributed by atoms with Gasteiger partial charge >= 0.3 is 12.1 Å². The van der Waals surface area contributed by atoms with Crippen molar-refractivity contribution in [3.8, 4) is 0 Å². The van der Waals surface area contributed by atoms with Crippen LogP contribution in [0.1, 0.15) is 49.7 Å². The largest absolute Gasteiger partial charge is 0.469 e. The maximum Gasteiger partial charge on any atom is 0.437 e. The summed E-state index contributed by atoms with van der Waals surface area (Å²) in [5, 5.41) is 14.9. The molecule has 15 nitrogen and oxygen atoms in total. The Kier molecular flexibility index (Phi) is 11.1. The zero-order valence-electron chi connectivity index (χ0n) is 22.5. The molecule has 0 saturated carbocycles. The summed E-state index contributed by atoms with van der Waals surface area (Å²) in [5.41, 5.74) is 3.94. The molecule has 2 amide bonds. The second-order valence-electron chi connectivity index (χ2n) is 9.41. The van der Waals surface area contributed by atoms with Crippen LogP contribution in [0.4, 0.5) is 16.2 Å². The lowest BCUT2D eigenvalue weighted by Crippen LogP contribution is -2.38. The number of nitrogens with two attached hydrogens (primary N) is 1. The van der Waals surface area contributed by atoms with E-state index >= 15 is 0 Å². The zero-order chi connectivity index (χ0) is 31.0. The lowest BCUT2D eigenvalue weighted by molar-refractivity contribution is -0.387. The molecule has 1 aromatic carbocycles. The number of methoxy groups -OCH3 is 1. The Hall–Kier alpha value is -4.38. The van der Waals surface area contributed by atoms with E-state index < -0.39 is 73.2 Å². The summed E-state index contributed by atoms with van der Waals surface area (Å²) in [4.78, 5) is 62.6. The SMILES string of the molecule is COC(=O)[C@H](CCC(=O)NC(N)=NC(=O)OC(C)(C)C)CC(=O)c1sccc1NS(=O)(=O)c1ccccc1[N+](=O)[O-]. The van der Waals surface area contributed by atoms with Crippen LogP contribution in [0.25, 0.3) is 0 Å². The van der Waals surface area contributed by atoms with Gasteiger partial charge in [-0.1, -0.05) is 12.1 Å². The minimum Gasteiger partial charge on any atom is -0.469 e. The van der Waals surface area contributed by atoms with E-state index in [1.165, 1.54) is 23.6 Å². The third-order valence-electron chi connectivity index (χ3n) is 5.07. The fourth-order valence-electron chi connectivity index (χ4n) is 3.35. The molecule has 0 spiro atoms. The Bertz CT molecular complexity index is 1460. The van der Waals surface area contributed by atoms with Gasteiger partial charge in [-0.3, -0.25) is 34.5 Å². The normalized spacial score (nSPS) is 12.6. The fourth-order valence-corrected chi connectivity index (χ4v) is 5.46. The molecule has 0 fully saturated rings. The summed E-state index contributed by atoms with van der Waals surface area (Å²) in [5.74, 6) is -3.75. The minimum absolute atomic E-state index is 0.0562. The number of nitro benzene ring substituents is 1. The van der Waals surface area contributed by atoms with Gasteiger partial charge in [0, 0.05) is 18.9 Å². The highest BCUT2D eigenvalue weighted by molar-refractivity contribution is 7.92. The summed E-state index contributed by atoms with van der Waals surface area (Å²) in [6.07, 6.45) is -1.92. The molecule has 17 heteroatoms. The fraction of sp³-hybridized carbons (Fsp3) is 0.375. The van der Waals surface area contributed by atoms with Crippen molar-refractivity contribution < 1.29 is 42.0 Å². The number of sulfonamides is 1. The Labute approximate surface area is 239 Å². The van der Waals surface area contributed by atoms with Crippen LogP contribution in [-0.4, -0.2) is 55.8 Å². The van der Waals surface area contributed by atoms with Crippen LogP contribution in [0.15, 0.2) is 45.6 Å². The molecule has 1 aromatic heterocycles. The monoisotopic (exact) mass is 611 g/mol. The summed E-state index contributed by atoms with van der Waals surface area (Å²) in [7, 11) is -3.35. The molecule has 41 heavy (non-hydrogen) atoms. The van der Waals surface area contributed by atoms with Gasteiger partial charge in [-0.05, 0) is 44.7 Å². The van der Waals surface area contributed by atoms with Crippen LogP contribution < -0.4 is 15.8 Å². The van der Waals surface area contributed by atoms with Crippen molar-refractivity contribution in [3.05, 3.63) is 50.7 Å². The lowest BCUT2D eigenvalue weighted by atomic mass is 9.96. The molecule has 0 radical (unpaired) electrons. The van der Waals surface area contributed by atoms with Gasteiger partial charge < -0.3 is 15.2 Å². The van der Waals surface area contributed by atoms with Gasteiger partial charge in [-0.15, -0.1) is 16.3 Å². The number of nitrogens with one attached hydrogen (secondary N) is 2. The average Bonchev–Trinajstić information content (AvgIpc) is 3.32. The van der Waals surface area contributed by atoms with Gasteiger partial charge in [-0.25, -0.2) is 13.2 Å². The Morgan fingerprint density at radius 3 is 2.44 bits per heavy atom. The molecule has 2 aromatic rings. The first-order valence-electron chi connectivity index (χ1n) is 11.9. The third-order valence-corrected chi connectivity index (χ3v) is 7.44. The molecule has 1 atom stereocenters. The molecular weight excluding hydrogens is 582 g/mol. The number of ketones is 1. The number of esters is 1. The maximum absolute atomic E-state index is 13.1. The van der Waals surface area contributed by atoms with Gasteiger partial charge in [0.25, 0.3) is 15.7 Å². The van der Waals surface area contributed by atoms with Crippen LogP contribution >= 0.6 is 11.3 Å². The van der Waals surface area contributed by atoms with Crippen LogP contribution in [-0.2, 0) is 29.1 Å². The Morgan fingerprint density at radius 2 is 1.83 bits per heavy atom. The number of aliphatic imine (C=N–C) groups is 1. The van der Waals surface area contributed by atoms with Crippen LogP contribution in [0.2, 0.25) is 0 Å². The van der Waals surface area contributed by atoms with Gasteiger partial charge in [0.15, 0.2) is 10.7 Å². The maximum atomic E-state index is 13.1. The topological polar surface area (TPSA) is 226 Å². The minimum atomic E-state index is -4.45. The van der Waals surface area contributed by atoms with E-state index in [1.807, 2.05) is 0 Å². The first-order valence-corrected chi connectivity index (χ1v) is 14.2. The smallest absolute Gasteiger partial charge is 0.437 e. The van der Waals surface area contributed by atoms with E-state index in [1.54, 1.807) is 20.8 Å². The first-order chi connectivity index (χ1) is 19.0. The molecule has 4 N–H and O–H groups in total. The van der Waals surface area contributed by atoms with E-state index in [4.69, 9.17) is 15.2 Å². The highest BCUT2D eigenvalue weighted by Gasteiger charge is 2.29. The van der Waals surface area contributed by atoms with E-state index in [-0.39, 0.29) is 23.4 Å². The third kappa shape index (κ3) is 9.95. The number of amides is 2. The van der Waals surface area contributed by atoms with Crippen molar-refractivity contribution in [1.82, 2.24) is 5.32 Å². The second kappa shape index (κ2) is 13.8. The highest BCUT2D eigenvalue weighted by Crippen LogP contribution is 2.31. The van der Waals surface area contributed by atoms with Gasteiger partial charge in [0.1, 0.15) is 5.60 Å². The number of anilines is 1. The van der Waals surface area contributed by atoms with E-state index in [2.05, 4.69) is 15.0 Å². The number of Topliss-reactive ketones (excluding diaryl/α,β-unsaturated/α-hetero) is 1. The van der Waals surface area contributed by atoms with Crippen LogP contribution in [0.3, 0.4) is 0 Å². The molecular formula is C24H29N5O10S2. The number of carbonyl (C=O) groups excluding carboxylic acids is 4. The molecule has 1 heterocycles. The van der Waals surface area contributed by atoms with Crippen LogP contribution in [0.5, 0.6) is 0 Å². The Balaban J connectivity index is 2.12. The molecule has 0 aliphatic carbocycles. The standard InChI is InChI=1S/C24H29N5O10S2/c1-24(2,3)39-23(33)27-22(25)26-19(31)10-9-14(21(32)38-4)13-17(30)20-15(11-12-40-20)28-41(36,37)18-8-6-5-7-16(18)29(34)35/h5-8,11-12,14,28H,9-10,13H2,1-4H3,(H3,25,26,27,31,33)/t14-/m1/s1. The number of guanidine groups is 1. The van der Waals surface area contributed by atoms with Crippen molar-refractivity contribution in [2.75, 3.05) is 11.8 Å². The summed E-state index contributed by atoms with van der Waals surface area (Å²) in [6.45, 7) is 4.85. The lowest BCUT2D eigenvalue weighted by Gasteiger charge is -2.17. The van der Waals surface area contributed by atoms with Gasteiger partial charge in [0.2, 0.25) is 11.9 Å². The van der Waals surface area contributed by atoms with Crippen molar-refractivity contribution in [3.63, 3.8) is 0 Å². The molecule has 0 bridgehead atoms. The van der Waals surface area contributed by atoms with Crippen molar-refractivity contribution in [2.45, 2.75) is 50.5 Å². The number of ether oxygens (including phenoxy) is 2. The summed E-state index contributed by atoms with van der Waals surface area (Å²) < 4.78 is 37.7. The molecule has 2 rings (SSSR count). The van der Waals surface area contributed by atoms with E-state index in [0.717, 1.165) is 30.6 Å². The van der Waals surface area contributed by atoms with E-state index in [9.17, 15) is 37.7 Å². The molecule has 222 valence electrons. The predicted molar refractivity (Wildman–Crippen MR) is 148 cm³/mol. The zero-order valence-corrected chi connectivity index (χ0v) is 24.2. The summed E-state index contributed by atoms with van der Waals surface area (Å²) in [6, 6.07) is 6.01. The van der Waals surface area contributed by atoms with Crippen LogP contribution in [0, 0.1) is 16.0 Å². The number of para-hydroxylation sites is 1. The predicted octanol–water partition coefficient (Wildman–Crippen LogP) is 2.97. The average molecular weight is 612 g/mol. The number of benzene rings is 1. The van der Waals surface area contributed by atoms with Crippen molar-refractivity contribution in [1.29, 1.82) is 0 Å². The number of thiophene rings is 1. The molecule has 0 unspecified atom stereocenters. The number of rotatable bonds is 11. The number of nitro groups is 1. The van der Waals surface area contributed by atoms with Crippen molar-refractivity contribution >= 4 is 62.4 Å². The van der Waals surface area contributed by atoms with Gasteiger partial charge in [-0.2, -0.15) is 0 Å². The molecule has 0 aliphatic heterocycles. The molecule has 0 aliphatic rings.